The number of aromatic nitrogens is 4. The van der Waals surface area contributed by atoms with E-state index in [0.29, 0.717) is 23.9 Å². The smallest absolute Gasteiger partial charge is 0.274 e. The second-order valence-electron chi connectivity index (χ2n) is 5.90. The molecule has 0 aromatic carbocycles. The maximum atomic E-state index is 11.9. The van der Waals surface area contributed by atoms with E-state index in [4.69, 9.17) is 5.73 Å². The van der Waals surface area contributed by atoms with Crippen LogP contribution in [-0.2, 0) is 6.54 Å². The average molecular weight is 274 g/mol. The van der Waals surface area contributed by atoms with Crippen LogP contribution in [-0.4, -0.2) is 42.6 Å². The quantitative estimate of drug-likeness (QED) is 0.796. The van der Waals surface area contributed by atoms with Gasteiger partial charge in [0.1, 0.15) is 6.33 Å². The summed E-state index contributed by atoms with van der Waals surface area (Å²) in [6.07, 6.45) is 6.02. The van der Waals surface area contributed by atoms with Crippen LogP contribution in [0.5, 0.6) is 0 Å². The molecule has 3 N–H and O–H groups in total. The Morgan fingerprint density at radius 2 is 2.10 bits per heavy atom. The number of hydrogen-bond acceptors (Lipinski definition) is 5. The Morgan fingerprint density at radius 1 is 1.35 bits per heavy atom. The van der Waals surface area contributed by atoms with Crippen LogP contribution in [0.15, 0.2) is 17.2 Å². The van der Waals surface area contributed by atoms with Gasteiger partial charge in [-0.3, -0.25) is 14.8 Å². The van der Waals surface area contributed by atoms with E-state index in [0.717, 1.165) is 25.1 Å². The lowest BCUT2D eigenvalue weighted by molar-refractivity contribution is 0.118. The van der Waals surface area contributed by atoms with Gasteiger partial charge in [-0.1, -0.05) is 0 Å². The van der Waals surface area contributed by atoms with Crippen LogP contribution in [0, 0.1) is 0 Å². The minimum absolute atomic E-state index is 0.108. The van der Waals surface area contributed by atoms with Crippen LogP contribution >= 0.6 is 0 Å². The molecule has 2 unspecified atom stereocenters. The van der Waals surface area contributed by atoms with Crippen molar-refractivity contribution in [3.05, 3.63) is 28.4 Å². The molecule has 2 bridgehead atoms. The molecule has 2 aliphatic heterocycles. The summed E-state index contributed by atoms with van der Waals surface area (Å²) < 4.78 is 1.35. The van der Waals surface area contributed by atoms with Crippen LogP contribution < -0.4 is 11.3 Å². The molecule has 2 aliphatic rings. The van der Waals surface area contributed by atoms with Crippen molar-refractivity contribution < 1.29 is 0 Å². The van der Waals surface area contributed by atoms with E-state index < -0.39 is 0 Å². The van der Waals surface area contributed by atoms with Crippen molar-refractivity contribution in [3.63, 3.8) is 0 Å². The third-order valence-corrected chi connectivity index (χ3v) is 4.59. The first-order chi connectivity index (χ1) is 9.70. The fourth-order valence-electron chi connectivity index (χ4n) is 3.71. The Kier molecular flexibility index (Phi) is 2.64. The lowest BCUT2D eigenvalue weighted by Crippen LogP contribution is -2.47. The third-order valence-electron chi connectivity index (χ3n) is 4.59. The number of hydrogen-bond donors (Lipinski definition) is 2. The first-order valence-corrected chi connectivity index (χ1v) is 7.14. The van der Waals surface area contributed by atoms with Crippen LogP contribution in [0.3, 0.4) is 0 Å². The monoisotopic (exact) mass is 274 g/mol. The Morgan fingerprint density at radius 3 is 2.85 bits per heavy atom. The Labute approximate surface area is 115 Å². The van der Waals surface area contributed by atoms with Crippen molar-refractivity contribution >= 4 is 5.78 Å². The van der Waals surface area contributed by atoms with E-state index >= 15 is 0 Å². The fourth-order valence-corrected chi connectivity index (χ4v) is 3.71. The molecule has 0 saturated carbocycles. The second-order valence-corrected chi connectivity index (χ2v) is 5.90. The summed E-state index contributed by atoms with van der Waals surface area (Å²) >= 11 is 0. The van der Waals surface area contributed by atoms with Crippen LogP contribution in [0.25, 0.3) is 5.78 Å². The summed E-state index contributed by atoms with van der Waals surface area (Å²) in [6, 6.07) is 3.02. The zero-order valence-electron chi connectivity index (χ0n) is 11.2. The highest BCUT2D eigenvalue weighted by Crippen LogP contribution is 2.35. The number of rotatable bonds is 2. The molecule has 0 aliphatic carbocycles. The molecule has 106 valence electrons. The van der Waals surface area contributed by atoms with Crippen LogP contribution in [0.1, 0.15) is 31.4 Å². The molecule has 20 heavy (non-hydrogen) atoms. The fraction of sp³-hybridized carbons (Fsp3) is 0.615. The summed E-state index contributed by atoms with van der Waals surface area (Å²) in [5.74, 6) is 0.438. The topological polar surface area (TPSA) is 92.3 Å². The zero-order valence-corrected chi connectivity index (χ0v) is 11.2. The first kappa shape index (κ1) is 12.0. The predicted octanol–water partition coefficient (Wildman–Crippen LogP) is -0.128. The van der Waals surface area contributed by atoms with E-state index in [1.165, 1.54) is 23.7 Å². The van der Waals surface area contributed by atoms with Gasteiger partial charge in [0.05, 0.1) is 5.69 Å². The van der Waals surface area contributed by atoms with Gasteiger partial charge in [0.15, 0.2) is 0 Å². The molecule has 2 fully saturated rings. The molecule has 2 atom stereocenters. The number of H-pyrrole nitrogens is 1. The lowest BCUT2D eigenvalue weighted by atomic mass is 9.98. The number of nitrogens with two attached hydrogens (primary N) is 1. The van der Waals surface area contributed by atoms with Gasteiger partial charge in [0.25, 0.3) is 11.3 Å². The van der Waals surface area contributed by atoms with E-state index in [1.807, 2.05) is 0 Å². The Bertz CT molecular complexity index is 677. The van der Waals surface area contributed by atoms with Gasteiger partial charge in [0.2, 0.25) is 0 Å². The van der Waals surface area contributed by atoms with Gasteiger partial charge in [-0.2, -0.15) is 4.52 Å². The SMILES string of the molecule is NC1CC2CCC(C1)N2Cc1cc(=O)n2[nH]cnc2n1. The molecule has 4 heterocycles. The average Bonchev–Trinajstić information content (AvgIpc) is 2.95. The summed E-state index contributed by atoms with van der Waals surface area (Å²) in [5, 5.41) is 2.75. The zero-order chi connectivity index (χ0) is 13.7. The Balaban J connectivity index is 1.63. The van der Waals surface area contributed by atoms with Crippen molar-refractivity contribution in [2.75, 3.05) is 0 Å². The number of fused-ring (bicyclic) bond motifs is 3. The van der Waals surface area contributed by atoms with Crippen molar-refractivity contribution in [1.82, 2.24) is 24.5 Å². The highest BCUT2D eigenvalue weighted by molar-refractivity contribution is 5.26. The second kappa shape index (κ2) is 4.39. The maximum Gasteiger partial charge on any atom is 0.274 e. The standard InChI is InChI=1S/C13H18N6O/c14-8-3-10-1-2-11(4-8)18(10)6-9-5-12(20)19-13(17-9)15-7-16-19/h5,7-8,10-11H,1-4,6,14H2,(H,15,16,17). The predicted molar refractivity (Wildman–Crippen MR) is 73.2 cm³/mol. The summed E-state index contributed by atoms with van der Waals surface area (Å²) in [5.41, 5.74) is 6.78. The molecular weight excluding hydrogens is 256 g/mol. The van der Waals surface area contributed by atoms with Crippen molar-refractivity contribution in [2.45, 2.75) is 50.4 Å². The lowest BCUT2D eigenvalue weighted by Gasteiger charge is -2.37. The minimum atomic E-state index is -0.108. The van der Waals surface area contributed by atoms with E-state index in [1.54, 1.807) is 6.07 Å². The molecule has 2 aromatic rings. The Hall–Kier alpha value is -1.73. The normalized spacial score (nSPS) is 30.1. The minimum Gasteiger partial charge on any atom is -0.328 e. The molecule has 4 rings (SSSR count). The van der Waals surface area contributed by atoms with E-state index in [2.05, 4.69) is 20.0 Å². The largest absolute Gasteiger partial charge is 0.328 e. The molecule has 0 spiro atoms. The van der Waals surface area contributed by atoms with Crippen molar-refractivity contribution in [2.24, 2.45) is 5.73 Å². The molecule has 7 nitrogen and oxygen atoms in total. The number of aromatic amines is 1. The molecular formula is C13H18N6O. The van der Waals surface area contributed by atoms with E-state index in [-0.39, 0.29) is 5.56 Å². The van der Waals surface area contributed by atoms with E-state index in [9.17, 15) is 4.79 Å². The molecule has 0 amide bonds. The van der Waals surface area contributed by atoms with Crippen molar-refractivity contribution in [1.29, 1.82) is 0 Å². The summed E-state index contributed by atoms with van der Waals surface area (Å²) in [6.45, 7) is 0.723. The van der Waals surface area contributed by atoms with Gasteiger partial charge >= 0.3 is 0 Å². The van der Waals surface area contributed by atoms with Gasteiger partial charge in [-0.05, 0) is 25.7 Å². The van der Waals surface area contributed by atoms with Crippen LogP contribution in [0.4, 0.5) is 0 Å². The molecule has 7 heteroatoms. The highest BCUT2D eigenvalue weighted by Gasteiger charge is 2.39. The summed E-state index contributed by atoms with van der Waals surface area (Å²) in [4.78, 5) is 22.9. The number of nitrogens with zero attached hydrogens (tertiary/aromatic N) is 4. The van der Waals surface area contributed by atoms with Crippen molar-refractivity contribution in [3.8, 4) is 0 Å². The third kappa shape index (κ3) is 1.85. The maximum absolute atomic E-state index is 11.9. The number of nitrogens with one attached hydrogen (secondary N) is 1. The van der Waals surface area contributed by atoms with Gasteiger partial charge in [0, 0.05) is 30.7 Å². The first-order valence-electron chi connectivity index (χ1n) is 7.14. The van der Waals surface area contributed by atoms with Crippen LogP contribution in [0.2, 0.25) is 0 Å². The highest BCUT2D eigenvalue weighted by atomic mass is 16.1. The van der Waals surface area contributed by atoms with Gasteiger partial charge in [-0.25, -0.2) is 9.97 Å². The molecule has 2 saturated heterocycles. The molecule has 0 radical (unpaired) electrons. The number of piperidine rings is 1. The molecule has 2 aromatic heterocycles. The van der Waals surface area contributed by atoms with Gasteiger partial charge < -0.3 is 5.73 Å². The summed E-state index contributed by atoms with van der Waals surface area (Å²) in [7, 11) is 0. The van der Waals surface area contributed by atoms with Gasteiger partial charge in [-0.15, -0.1) is 0 Å².